The topological polar surface area (TPSA) is 96.4 Å². The second-order valence-electron chi connectivity index (χ2n) is 4.42. The summed E-state index contributed by atoms with van der Waals surface area (Å²) in [5.74, 6) is -1.27. The molecule has 0 bridgehead atoms. The van der Waals surface area contributed by atoms with Gasteiger partial charge >= 0.3 is 5.97 Å². The maximum absolute atomic E-state index is 10.6. The number of nitrogens with two attached hydrogens (primary N) is 1. The normalized spacial score (nSPS) is 28.4. The van der Waals surface area contributed by atoms with Gasteiger partial charge in [0.25, 0.3) is 0 Å². The van der Waals surface area contributed by atoms with E-state index in [0.29, 0.717) is 12.1 Å². The van der Waals surface area contributed by atoms with Crippen LogP contribution in [0.5, 0.6) is 0 Å². The van der Waals surface area contributed by atoms with Crippen molar-refractivity contribution in [2.75, 3.05) is 5.73 Å². The zero-order valence-electron chi connectivity index (χ0n) is 8.76. The molecule has 1 aromatic rings. The van der Waals surface area contributed by atoms with Crippen LogP contribution in [0, 0.1) is 5.92 Å². The predicted molar refractivity (Wildman–Crippen MR) is 57.7 cm³/mol. The van der Waals surface area contributed by atoms with Crippen LogP contribution in [0.3, 0.4) is 0 Å². The van der Waals surface area contributed by atoms with E-state index < -0.39 is 17.5 Å². The fourth-order valence-corrected chi connectivity index (χ4v) is 2.12. The number of aliphatic hydroxyl groups is 1. The van der Waals surface area contributed by atoms with Gasteiger partial charge in [-0.05, 0) is 24.5 Å². The number of rotatable bonds is 3. The van der Waals surface area contributed by atoms with Gasteiger partial charge in [-0.3, -0.25) is 9.78 Å². The fourth-order valence-electron chi connectivity index (χ4n) is 2.12. The number of carboxylic acids is 1. The monoisotopic (exact) mass is 222 g/mol. The number of carbonyl (C=O) groups is 1. The van der Waals surface area contributed by atoms with Gasteiger partial charge in [0.1, 0.15) is 0 Å². The third-order valence-corrected chi connectivity index (χ3v) is 3.06. The molecule has 0 unspecified atom stereocenters. The predicted octanol–water partition coefficient (Wildman–Crippen LogP) is 0.432. The molecule has 0 atom stereocenters. The smallest absolute Gasteiger partial charge is 0.306 e. The van der Waals surface area contributed by atoms with Crippen LogP contribution in [0.2, 0.25) is 0 Å². The van der Waals surface area contributed by atoms with Crippen molar-refractivity contribution in [3.05, 3.63) is 24.0 Å². The minimum absolute atomic E-state index is 0.288. The van der Waals surface area contributed by atoms with Crippen molar-refractivity contribution in [1.29, 1.82) is 0 Å². The van der Waals surface area contributed by atoms with Crippen LogP contribution < -0.4 is 5.73 Å². The summed E-state index contributed by atoms with van der Waals surface area (Å²) in [5, 5.41) is 18.8. The first kappa shape index (κ1) is 10.9. The zero-order chi connectivity index (χ0) is 11.8. The molecule has 0 aliphatic heterocycles. The maximum atomic E-state index is 10.6. The first-order valence-electron chi connectivity index (χ1n) is 5.14. The summed E-state index contributed by atoms with van der Waals surface area (Å²) in [4.78, 5) is 14.6. The van der Waals surface area contributed by atoms with E-state index in [2.05, 4.69) is 4.98 Å². The maximum Gasteiger partial charge on any atom is 0.306 e. The molecule has 0 spiro atoms. The molecule has 86 valence electrons. The summed E-state index contributed by atoms with van der Waals surface area (Å²) >= 11 is 0. The summed E-state index contributed by atoms with van der Waals surface area (Å²) in [5.41, 5.74) is 6.16. The minimum Gasteiger partial charge on any atom is -0.481 e. The molecule has 1 aliphatic rings. The van der Waals surface area contributed by atoms with Crippen LogP contribution >= 0.6 is 0 Å². The Morgan fingerprint density at radius 1 is 1.62 bits per heavy atom. The van der Waals surface area contributed by atoms with Crippen molar-refractivity contribution < 1.29 is 15.0 Å². The highest BCUT2D eigenvalue weighted by atomic mass is 16.4. The van der Waals surface area contributed by atoms with Gasteiger partial charge in [0, 0.05) is 24.5 Å². The molecule has 16 heavy (non-hydrogen) atoms. The fraction of sp³-hybridized carbons (Fsp3) is 0.455. The highest BCUT2D eigenvalue weighted by Crippen LogP contribution is 2.40. The van der Waals surface area contributed by atoms with Crippen LogP contribution in [0.25, 0.3) is 0 Å². The van der Waals surface area contributed by atoms with E-state index in [4.69, 9.17) is 10.8 Å². The van der Waals surface area contributed by atoms with Crippen LogP contribution in [0.15, 0.2) is 18.5 Å². The lowest BCUT2D eigenvalue weighted by molar-refractivity contribution is -0.158. The van der Waals surface area contributed by atoms with Crippen LogP contribution in [-0.4, -0.2) is 26.8 Å². The molecule has 0 saturated heterocycles. The number of anilines is 1. The number of nitrogens with zero attached hydrogens (tertiary/aromatic N) is 1. The molecular weight excluding hydrogens is 208 g/mol. The van der Waals surface area contributed by atoms with Crippen LogP contribution in [0.1, 0.15) is 18.4 Å². The largest absolute Gasteiger partial charge is 0.481 e. The van der Waals surface area contributed by atoms with Gasteiger partial charge in [-0.2, -0.15) is 0 Å². The number of hydrogen-bond donors (Lipinski definition) is 3. The molecule has 0 aromatic carbocycles. The number of aliphatic carboxylic acids is 1. The summed E-state index contributed by atoms with van der Waals surface area (Å²) in [6.45, 7) is 0. The number of pyridine rings is 1. The standard InChI is InChI=1S/C11H14N2O3/c12-9-1-2-13-6-8(9)5-11(16)3-7(4-11)10(14)15/h1-2,6-7,16H,3-5H2,(H2,12,13)(H,14,15). The summed E-state index contributed by atoms with van der Waals surface area (Å²) in [6, 6.07) is 1.67. The first-order valence-corrected chi connectivity index (χ1v) is 5.14. The lowest BCUT2D eigenvalue weighted by atomic mass is 9.68. The Balaban J connectivity index is 2.02. The van der Waals surface area contributed by atoms with Gasteiger partial charge in [0.05, 0.1) is 11.5 Å². The molecule has 0 amide bonds. The highest BCUT2D eigenvalue weighted by molar-refractivity contribution is 5.71. The molecule has 0 radical (unpaired) electrons. The van der Waals surface area contributed by atoms with Crippen molar-refractivity contribution in [3.8, 4) is 0 Å². The number of carboxylic acid groups (broad SMARTS) is 1. The molecule has 5 heteroatoms. The van der Waals surface area contributed by atoms with Gasteiger partial charge < -0.3 is 15.9 Å². The van der Waals surface area contributed by atoms with Gasteiger partial charge in [-0.25, -0.2) is 0 Å². The third kappa shape index (κ3) is 1.99. The molecule has 2 rings (SSSR count). The Morgan fingerprint density at radius 2 is 2.31 bits per heavy atom. The van der Waals surface area contributed by atoms with E-state index in [9.17, 15) is 9.90 Å². The van der Waals surface area contributed by atoms with E-state index in [0.717, 1.165) is 5.56 Å². The van der Waals surface area contributed by atoms with E-state index in [1.165, 1.54) is 0 Å². The Bertz CT molecular complexity index is 413. The molecule has 1 fully saturated rings. The van der Waals surface area contributed by atoms with Gasteiger partial charge in [-0.1, -0.05) is 0 Å². The Labute approximate surface area is 92.9 Å². The zero-order valence-corrected chi connectivity index (χ0v) is 8.76. The average molecular weight is 222 g/mol. The molecule has 1 saturated carbocycles. The summed E-state index contributed by atoms with van der Waals surface area (Å²) < 4.78 is 0. The average Bonchev–Trinajstić information content (AvgIpc) is 2.17. The van der Waals surface area contributed by atoms with Gasteiger partial charge in [0.2, 0.25) is 0 Å². The molecule has 1 heterocycles. The number of aromatic nitrogens is 1. The Morgan fingerprint density at radius 3 is 2.88 bits per heavy atom. The van der Waals surface area contributed by atoms with Crippen molar-refractivity contribution in [3.63, 3.8) is 0 Å². The molecule has 1 aromatic heterocycles. The summed E-state index contributed by atoms with van der Waals surface area (Å²) in [6.07, 6.45) is 4.15. The van der Waals surface area contributed by atoms with Gasteiger partial charge in [0.15, 0.2) is 0 Å². The van der Waals surface area contributed by atoms with Crippen LogP contribution in [-0.2, 0) is 11.2 Å². The lowest BCUT2D eigenvalue weighted by Crippen LogP contribution is -2.48. The summed E-state index contributed by atoms with van der Waals surface area (Å²) in [7, 11) is 0. The van der Waals surface area contributed by atoms with Crippen molar-refractivity contribution in [2.45, 2.75) is 24.9 Å². The van der Waals surface area contributed by atoms with Crippen molar-refractivity contribution in [1.82, 2.24) is 4.98 Å². The second-order valence-corrected chi connectivity index (χ2v) is 4.42. The number of hydrogen-bond acceptors (Lipinski definition) is 4. The lowest BCUT2D eigenvalue weighted by Gasteiger charge is -2.41. The molecule has 4 N–H and O–H groups in total. The Hall–Kier alpha value is -1.62. The van der Waals surface area contributed by atoms with E-state index in [-0.39, 0.29) is 12.8 Å². The quantitative estimate of drug-likeness (QED) is 0.689. The molecule has 1 aliphatic carbocycles. The third-order valence-electron chi connectivity index (χ3n) is 3.06. The van der Waals surface area contributed by atoms with E-state index in [1.54, 1.807) is 18.5 Å². The van der Waals surface area contributed by atoms with E-state index >= 15 is 0 Å². The number of nitrogen functional groups attached to an aromatic ring is 1. The second kappa shape index (κ2) is 3.75. The van der Waals surface area contributed by atoms with E-state index in [1.807, 2.05) is 0 Å². The molecule has 5 nitrogen and oxygen atoms in total. The van der Waals surface area contributed by atoms with Crippen LogP contribution in [0.4, 0.5) is 5.69 Å². The minimum atomic E-state index is -0.930. The molecular formula is C11H14N2O3. The van der Waals surface area contributed by atoms with Crippen molar-refractivity contribution in [2.24, 2.45) is 5.92 Å². The highest BCUT2D eigenvalue weighted by Gasteiger charge is 2.46. The first-order chi connectivity index (χ1) is 7.50. The Kier molecular flexibility index (Phi) is 2.55. The van der Waals surface area contributed by atoms with Crippen molar-refractivity contribution >= 4 is 11.7 Å². The van der Waals surface area contributed by atoms with Gasteiger partial charge in [-0.15, -0.1) is 0 Å². The SMILES string of the molecule is Nc1ccncc1CC1(O)CC(C(=O)O)C1.